The average Bonchev–Trinajstić information content (AvgIpc) is 3.34. The number of pyridine rings is 1. The van der Waals surface area contributed by atoms with E-state index in [-0.39, 0.29) is 5.91 Å². The van der Waals surface area contributed by atoms with Crippen molar-refractivity contribution in [1.29, 1.82) is 0 Å². The summed E-state index contributed by atoms with van der Waals surface area (Å²) in [7, 11) is 1.68. The van der Waals surface area contributed by atoms with Gasteiger partial charge in [0, 0.05) is 25.6 Å². The molecule has 0 bridgehead atoms. The van der Waals surface area contributed by atoms with E-state index in [9.17, 15) is 4.79 Å². The largest absolute Gasteiger partial charge is 0.497 e. The monoisotopic (exact) mass is 433 g/mol. The van der Waals surface area contributed by atoms with Gasteiger partial charge in [-0.05, 0) is 68.5 Å². The van der Waals surface area contributed by atoms with Gasteiger partial charge in [0.2, 0.25) is 0 Å². The van der Waals surface area contributed by atoms with Gasteiger partial charge in [-0.3, -0.25) is 14.7 Å². The van der Waals surface area contributed by atoms with E-state index in [0.29, 0.717) is 6.04 Å². The van der Waals surface area contributed by atoms with Gasteiger partial charge in [0.25, 0.3) is 5.91 Å². The van der Waals surface area contributed by atoms with Crippen LogP contribution in [0.5, 0.6) is 5.75 Å². The molecule has 5 rings (SSSR count). The molecule has 1 aromatic heterocycles. The summed E-state index contributed by atoms with van der Waals surface area (Å²) >= 11 is 0. The van der Waals surface area contributed by atoms with Gasteiger partial charge in [0.15, 0.2) is 0 Å². The van der Waals surface area contributed by atoms with Crippen molar-refractivity contribution in [3.8, 4) is 5.75 Å². The highest BCUT2D eigenvalue weighted by atomic mass is 16.5. The molecular weight excluding hydrogens is 398 g/mol. The summed E-state index contributed by atoms with van der Waals surface area (Å²) in [6, 6.07) is 13.5. The third kappa shape index (κ3) is 4.40. The Labute approximate surface area is 191 Å². The molecule has 0 radical (unpaired) electrons. The third-order valence-corrected chi connectivity index (χ3v) is 7.64. The first kappa shape index (κ1) is 21.4. The first-order valence-electron chi connectivity index (χ1n) is 12.4. The second-order valence-electron chi connectivity index (χ2n) is 9.56. The van der Waals surface area contributed by atoms with Crippen molar-refractivity contribution in [3.05, 3.63) is 58.9 Å². The Kier molecular flexibility index (Phi) is 6.44. The number of likely N-dealkylation sites (tertiary alicyclic amines) is 1. The molecule has 1 atom stereocenters. The predicted octanol–water partition coefficient (Wildman–Crippen LogP) is 4.80. The summed E-state index contributed by atoms with van der Waals surface area (Å²) in [5.74, 6) is 0.997. The van der Waals surface area contributed by atoms with Crippen LogP contribution in [0.3, 0.4) is 0 Å². The van der Waals surface area contributed by atoms with E-state index >= 15 is 0 Å². The lowest BCUT2D eigenvalue weighted by Crippen LogP contribution is -2.40. The van der Waals surface area contributed by atoms with Crippen molar-refractivity contribution in [2.24, 2.45) is 0 Å². The van der Waals surface area contributed by atoms with Crippen molar-refractivity contribution in [1.82, 2.24) is 14.8 Å². The average molecular weight is 434 g/mol. The van der Waals surface area contributed by atoms with E-state index in [1.54, 1.807) is 7.11 Å². The van der Waals surface area contributed by atoms with Crippen molar-refractivity contribution >= 4 is 5.91 Å². The zero-order chi connectivity index (χ0) is 21.9. The quantitative estimate of drug-likeness (QED) is 0.656. The van der Waals surface area contributed by atoms with Crippen LogP contribution >= 0.6 is 0 Å². The molecule has 0 N–H and O–H groups in total. The Bertz CT molecular complexity index is 936. The molecule has 32 heavy (non-hydrogen) atoms. The van der Waals surface area contributed by atoms with Crippen LogP contribution in [0.25, 0.3) is 0 Å². The van der Waals surface area contributed by atoms with Crippen molar-refractivity contribution in [2.75, 3.05) is 26.7 Å². The smallest absolute Gasteiger partial charge is 0.255 e. The number of carbonyl (C=O) groups is 1. The van der Waals surface area contributed by atoms with Gasteiger partial charge in [-0.2, -0.15) is 0 Å². The molecule has 5 heteroatoms. The van der Waals surface area contributed by atoms with Gasteiger partial charge >= 0.3 is 0 Å². The molecule has 1 aromatic carbocycles. The minimum absolute atomic E-state index is 0.134. The van der Waals surface area contributed by atoms with Crippen molar-refractivity contribution in [3.63, 3.8) is 0 Å². The molecule has 1 unspecified atom stereocenters. The molecule has 0 spiro atoms. The predicted molar refractivity (Wildman–Crippen MR) is 126 cm³/mol. The van der Waals surface area contributed by atoms with Crippen LogP contribution in [0, 0.1) is 0 Å². The number of carbonyl (C=O) groups excluding carboxylic acids is 1. The maximum Gasteiger partial charge on any atom is 0.255 e. The number of hydrogen-bond donors (Lipinski definition) is 0. The minimum atomic E-state index is 0.134. The van der Waals surface area contributed by atoms with Crippen molar-refractivity contribution in [2.45, 2.75) is 69.9 Å². The topological polar surface area (TPSA) is 45.7 Å². The second kappa shape index (κ2) is 9.62. The van der Waals surface area contributed by atoms with Gasteiger partial charge in [-0.15, -0.1) is 0 Å². The molecule has 1 saturated carbocycles. The Morgan fingerprint density at radius 2 is 1.78 bits per heavy atom. The Balaban J connectivity index is 1.25. The van der Waals surface area contributed by atoms with Gasteiger partial charge in [0.1, 0.15) is 5.75 Å². The summed E-state index contributed by atoms with van der Waals surface area (Å²) in [5.41, 5.74) is 4.22. The summed E-state index contributed by atoms with van der Waals surface area (Å²) < 4.78 is 5.23. The zero-order valence-electron chi connectivity index (χ0n) is 19.3. The molecule has 1 aliphatic carbocycles. The number of hydrogen-bond acceptors (Lipinski definition) is 4. The molecule has 5 nitrogen and oxygen atoms in total. The third-order valence-electron chi connectivity index (χ3n) is 7.64. The minimum Gasteiger partial charge on any atom is -0.497 e. The first-order chi connectivity index (χ1) is 15.7. The normalized spacial score (nSPS) is 22.2. The highest BCUT2D eigenvalue weighted by Crippen LogP contribution is 2.37. The van der Waals surface area contributed by atoms with E-state index < -0.39 is 0 Å². The van der Waals surface area contributed by atoms with E-state index in [2.05, 4.69) is 29.2 Å². The Morgan fingerprint density at radius 1 is 0.969 bits per heavy atom. The lowest BCUT2D eigenvalue weighted by Gasteiger charge is -2.36. The fourth-order valence-corrected chi connectivity index (χ4v) is 5.83. The Hall–Kier alpha value is -2.40. The Morgan fingerprint density at radius 3 is 2.56 bits per heavy atom. The fourth-order valence-electron chi connectivity index (χ4n) is 5.83. The van der Waals surface area contributed by atoms with E-state index in [1.165, 1.54) is 62.7 Å². The maximum absolute atomic E-state index is 13.1. The van der Waals surface area contributed by atoms with Crippen LogP contribution in [0.2, 0.25) is 0 Å². The molecule has 3 heterocycles. The highest BCUT2D eigenvalue weighted by Gasteiger charge is 2.34. The van der Waals surface area contributed by atoms with Crippen LogP contribution in [-0.4, -0.2) is 53.5 Å². The molecule has 1 amide bonds. The van der Waals surface area contributed by atoms with Crippen LogP contribution in [0.1, 0.15) is 78.3 Å². The van der Waals surface area contributed by atoms with Crippen molar-refractivity contribution < 1.29 is 9.53 Å². The second-order valence-corrected chi connectivity index (χ2v) is 9.56. The van der Waals surface area contributed by atoms with Crippen LogP contribution in [-0.2, 0) is 12.8 Å². The number of nitrogens with zero attached hydrogens (tertiary/aromatic N) is 3. The lowest BCUT2D eigenvalue weighted by atomic mass is 9.93. The molecule has 170 valence electrons. The SMILES string of the molecule is COc1ccc(CCN2CCc3nc(C4CCCN4C4CCCCC4)ccc3C2=O)cc1. The number of benzene rings is 1. The van der Waals surface area contributed by atoms with E-state index in [1.807, 2.05) is 17.0 Å². The van der Waals surface area contributed by atoms with Crippen LogP contribution < -0.4 is 4.74 Å². The molecule has 2 aliphatic heterocycles. The van der Waals surface area contributed by atoms with Gasteiger partial charge in [0.05, 0.1) is 30.1 Å². The molecular formula is C27H35N3O2. The number of amides is 1. The highest BCUT2D eigenvalue weighted by molar-refractivity contribution is 5.96. The fraction of sp³-hybridized carbons (Fsp3) is 0.556. The van der Waals surface area contributed by atoms with Gasteiger partial charge in [-0.1, -0.05) is 31.4 Å². The first-order valence-corrected chi connectivity index (χ1v) is 12.4. The summed E-state index contributed by atoms with van der Waals surface area (Å²) in [4.78, 5) is 22.9. The summed E-state index contributed by atoms with van der Waals surface area (Å²) in [6.07, 6.45) is 11.0. The molecule has 1 saturated heterocycles. The zero-order valence-corrected chi connectivity index (χ0v) is 19.3. The van der Waals surface area contributed by atoms with Gasteiger partial charge in [-0.25, -0.2) is 0 Å². The maximum atomic E-state index is 13.1. The van der Waals surface area contributed by atoms with E-state index in [0.717, 1.165) is 49.0 Å². The van der Waals surface area contributed by atoms with Crippen LogP contribution in [0.15, 0.2) is 36.4 Å². The number of ether oxygens (including phenoxy) is 1. The number of methoxy groups -OCH3 is 1. The summed E-state index contributed by atoms with van der Waals surface area (Å²) in [6.45, 7) is 2.70. The molecule has 2 fully saturated rings. The lowest BCUT2D eigenvalue weighted by molar-refractivity contribution is 0.0739. The standard InChI is InChI=1S/C27H35N3O2/c1-32-22-11-9-20(10-12-22)15-18-29-19-16-24-23(27(29)31)13-14-25(28-24)26-8-5-17-30(26)21-6-3-2-4-7-21/h9-14,21,26H,2-8,15-19H2,1H3. The number of aromatic nitrogens is 1. The summed E-state index contributed by atoms with van der Waals surface area (Å²) in [5, 5.41) is 0. The van der Waals surface area contributed by atoms with E-state index in [4.69, 9.17) is 9.72 Å². The molecule has 2 aromatic rings. The number of fused-ring (bicyclic) bond motifs is 1. The van der Waals surface area contributed by atoms with Gasteiger partial charge < -0.3 is 9.64 Å². The molecule has 3 aliphatic rings. The van der Waals surface area contributed by atoms with Crippen LogP contribution in [0.4, 0.5) is 0 Å². The number of rotatable bonds is 6.